The maximum Gasteiger partial charge on any atom is 0.169 e. The molecule has 2 aliphatic rings. The number of benzene rings is 2. The Morgan fingerprint density at radius 2 is 1.65 bits per heavy atom. The lowest BCUT2D eigenvalue weighted by molar-refractivity contribution is 0.174. The topological polar surface area (TPSA) is 18.5 Å². The summed E-state index contributed by atoms with van der Waals surface area (Å²) < 4.78 is 0. The number of hydrogen-bond donors (Lipinski definition) is 1. The van der Waals surface area contributed by atoms with E-state index in [1.807, 2.05) is 0 Å². The summed E-state index contributed by atoms with van der Waals surface area (Å²) in [5.41, 5.74) is 1.43. The summed E-state index contributed by atoms with van der Waals surface area (Å²) in [5.74, 6) is 0. The largest absolute Gasteiger partial charge is 0.360 e. The minimum absolute atomic E-state index is 0.602. The van der Waals surface area contributed by atoms with Gasteiger partial charge in [-0.1, -0.05) is 61.7 Å². The van der Waals surface area contributed by atoms with E-state index in [0.29, 0.717) is 6.04 Å². The van der Waals surface area contributed by atoms with Gasteiger partial charge in [-0.2, -0.15) is 0 Å². The van der Waals surface area contributed by atoms with E-state index in [9.17, 15) is 0 Å². The molecule has 0 bridgehead atoms. The molecule has 1 heterocycles. The lowest BCUT2D eigenvalue weighted by Crippen LogP contribution is -2.53. The van der Waals surface area contributed by atoms with Crippen LogP contribution in [0.2, 0.25) is 0 Å². The zero-order chi connectivity index (χ0) is 17.8. The summed E-state index contributed by atoms with van der Waals surface area (Å²) in [7, 11) is 0. The lowest BCUT2D eigenvalue weighted by Gasteiger charge is -2.37. The van der Waals surface area contributed by atoms with Crippen molar-refractivity contribution in [1.82, 2.24) is 15.1 Å². The van der Waals surface area contributed by atoms with Gasteiger partial charge in [-0.05, 0) is 41.4 Å². The predicted octanol–water partition coefficient (Wildman–Crippen LogP) is 4.16. The lowest BCUT2D eigenvalue weighted by atomic mass is 9.96. The van der Waals surface area contributed by atoms with Crippen molar-refractivity contribution in [1.29, 1.82) is 0 Å². The van der Waals surface area contributed by atoms with Gasteiger partial charge in [0.15, 0.2) is 5.11 Å². The fraction of sp³-hybridized carbons (Fsp3) is 0.500. The zero-order valence-electron chi connectivity index (χ0n) is 15.5. The molecule has 3 nitrogen and oxygen atoms in total. The van der Waals surface area contributed by atoms with E-state index < -0.39 is 0 Å². The van der Waals surface area contributed by atoms with E-state index in [4.69, 9.17) is 12.2 Å². The molecule has 4 heteroatoms. The summed E-state index contributed by atoms with van der Waals surface area (Å²) in [5, 5.41) is 7.31. The van der Waals surface area contributed by atoms with Gasteiger partial charge in [0.2, 0.25) is 0 Å². The van der Waals surface area contributed by atoms with Gasteiger partial charge < -0.3 is 10.2 Å². The Morgan fingerprint density at radius 1 is 0.923 bits per heavy atom. The van der Waals surface area contributed by atoms with Crippen molar-refractivity contribution in [2.24, 2.45) is 0 Å². The number of fused-ring (bicyclic) bond motifs is 1. The summed E-state index contributed by atoms with van der Waals surface area (Å²) in [6.45, 7) is 5.25. The summed E-state index contributed by atoms with van der Waals surface area (Å²) >= 11 is 5.68. The van der Waals surface area contributed by atoms with Crippen LogP contribution in [0.25, 0.3) is 10.8 Å². The molecule has 1 N–H and O–H groups in total. The van der Waals surface area contributed by atoms with Crippen LogP contribution >= 0.6 is 12.2 Å². The Kier molecular flexibility index (Phi) is 5.71. The monoisotopic (exact) mass is 367 g/mol. The summed E-state index contributed by atoms with van der Waals surface area (Å²) in [6, 6.07) is 15.9. The SMILES string of the molecule is S=C(NC1CCCCC1)N1CCN(Cc2cccc3ccccc23)CC1. The Bertz CT molecular complexity index is 741. The van der Waals surface area contributed by atoms with E-state index in [0.717, 1.165) is 37.8 Å². The first-order chi connectivity index (χ1) is 12.8. The highest BCUT2D eigenvalue weighted by atomic mass is 32.1. The van der Waals surface area contributed by atoms with Crippen LogP contribution in [0.3, 0.4) is 0 Å². The molecule has 1 saturated heterocycles. The van der Waals surface area contributed by atoms with Crippen LogP contribution in [0.4, 0.5) is 0 Å². The molecule has 0 radical (unpaired) electrons. The molecule has 0 amide bonds. The predicted molar refractivity (Wildman–Crippen MR) is 113 cm³/mol. The van der Waals surface area contributed by atoms with Gasteiger partial charge in [-0.25, -0.2) is 0 Å². The van der Waals surface area contributed by atoms with Crippen LogP contribution in [0.5, 0.6) is 0 Å². The number of hydrogen-bond acceptors (Lipinski definition) is 2. The fourth-order valence-electron chi connectivity index (χ4n) is 4.29. The van der Waals surface area contributed by atoms with Gasteiger partial charge in [0.1, 0.15) is 0 Å². The molecule has 0 unspecified atom stereocenters. The van der Waals surface area contributed by atoms with Crippen LogP contribution in [-0.4, -0.2) is 47.1 Å². The number of nitrogens with zero attached hydrogens (tertiary/aromatic N) is 2. The van der Waals surface area contributed by atoms with Gasteiger partial charge >= 0.3 is 0 Å². The first kappa shape index (κ1) is 17.7. The van der Waals surface area contributed by atoms with Crippen molar-refractivity contribution in [3.8, 4) is 0 Å². The van der Waals surface area contributed by atoms with Gasteiger partial charge in [-0.15, -0.1) is 0 Å². The van der Waals surface area contributed by atoms with Crippen molar-refractivity contribution in [3.63, 3.8) is 0 Å². The number of rotatable bonds is 3. The molecule has 26 heavy (non-hydrogen) atoms. The molecule has 138 valence electrons. The standard InChI is InChI=1S/C22H29N3S/c26-22(23-20-10-2-1-3-11-20)25-15-13-24(14-16-25)17-19-9-6-8-18-7-4-5-12-21(18)19/h4-9,12,20H,1-3,10-11,13-17H2,(H,23,26). The normalized spacial score (nSPS) is 19.6. The zero-order valence-corrected chi connectivity index (χ0v) is 16.3. The van der Waals surface area contributed by atoms with Crippen molar-refractivity contribution in [2.75, 3.05) is 26.2 Å². The Balaban J connectivity index is 1.31. The van der Waals surface area contributed by atoms with Crippen LogP contribution < -0.4 is 5.32 Å². The van der Waals surface area contributed by atoms with Gasteiger partial charge in [-0.3, -0.25) is 4.90 Å². The van der Waals surface area contributed by atoms with E-state index in [2.05, 4.69) is 57.6 Å². The molecular weight excluding hydrogens is 338 g/mol. The third kappa shape index (κ3) is 4.18. The smallest absolute Gasteiger partial charge is 0.169 e. The molecule has 1 aliphatic carbocycles. The Labute approximate surface area is 162 Å². The second-order valence-corrected chi connectivity index (χ2v) is 8.07. The average Bonchev–Trinajstić information content (AvgIpc) is 2.70. The quantitative estimate of drug-likeness (QED) is 0.821. The number of nitrogens with one attached hydrogen (secondary N) is 1. The van der Waals surface area contributed by atoms with Crippen molar-refractivity contribution in [2.45, 2.75) is 44.7 Å². The van der Waals surface area contributed by atoms with Gasteiger partial charge in [0.05, 0.1) is 0 Å². The minimum atomic E-state index is 0.602. The van der Waals surface area contributed by atoms with Crippen LogP contribution in [0.1, 0.15) is 37.7 Å². The molecule has 2 aromatic carbocycles. The molecule has 0 aromatic heterocycles. The highest BCUT2D eigenvalue weighted by Gasteiger charge is 2.22. The molecule has 1 saturated carbocycles. The highest BCUT2D eigenvalue weighted by molar-refractivity contribution is 7.80. The molecule has 2 fully saturated rings. The van der Waals surface area contributed by atoms with Gasteiger partial charge in [0.25, 0.3) is 0 Å². The third-order valence-corrected chi connectivity index (χ3v) is 6.24. The second-order valence-electron chi connectivity index (χ2n) is 7.69. The van der Waals surface area contributed by atoms with Crippen molar-refractivity contribution in [3.05, 3.63) is 48.0 Å². The number of piperazine rings is 1. The summed E-state index contributed by atoms with van der Waals surface area (Å²) in [6.07, 6.45) is 6.64. The maximum absolute atomic E-state index is 5.68. The van der Waals surface area contributed by atoms with E-state index in [-0.39, 0.29) is 0 Å². The fourth-order valence-corrected chi connectivity index (χ4v) is 4.64. The van der Waals surface area contributed by atoms with E-state index in [1.54, 1.807) is 0 Å². The first-order valence-corrected chi connectivity index (χ1v) is 10.4. The van der Waals surface area contributed by atoms with Crippen LogP contribution in [0, 0.1) is 0 Å². The van der Waals surface area contributed by atoms with Crippen molar-refractivity contribution >= 4 is 28.1 Å². The Hall–Kier alpha value is -1.65. The first-order valence-electron chi connectivity index (χ1n) is 10.0. The van der Waals surface area contributed by atoms with E-state index >= 15 is 0 Å². The molecule has 0 atom stereocenters. The average molecular weight is 368 g/mol. The van der Waals surface area contributed by atoms with Crippen LogP contribution in [0.15, 0.2) is 42.5 Å². The highest BCUT2D eigenvalue weighted by Crippen LogP contribution is 2.21. The molecule has 2 aromatic rings. The third-order valence-electron chi connectivity index (χ3n) is 5.87. The van der Waals surface area contributed by atoms with Crippen LogP contribution in [-0.2, 0) is 6.54 Å². The minimum Gasteiger partial charge on any atom is -0.360 e. The molecule has 1 aliphatic heterocycles. The molecule has 4 rings (SSSR count). The second kappa shape index (κ2) is 8.36. The van der Waals surface area contributed by atoms with E-state index in [1.165, 1.54) is 48.4 Å². The maximum atomic E-state index is 5.68. The van der Waals surface area contributed by atoms with Crippen molar-refractivity contribution < 1.29 is 0 Å². The molecule has 0 spiro atoms. The summed E-state index contributed by atoms with van der Waals surface area (Å²) in [4.78, 5) is 4.92. The Morgan fingerprint density at radius 3 is 2.46 bits per heavy atom. The number of thiocarbonyl (C=S) groups is 1. The van der Waals surface area contributed by atoms with Gasteiger partial charge in [0, 0.05) is 38.8 Å². The molecular formula is C22H29N3S.